The molecule has 2 aromatic rings. The van der Waals surface area contributed by atoms with Gasteiger partial charge in [0.15, 0.2) is 11.0 Å². The van der Waals surface area contributed by atoms with Gasteiger partial charge in [0, 0.05) is 25.2 Å². The number of aromatic nitrogens is 3. The molecule has 0 radical (unpaired) electrons. The van der Waals surface area contributed by atoms with Gasteiger partial charge in [0.25, 0.3) is 0 Å². The summed E-state index contributed by atoms with van der Waals surface area (Å²) in [6, 6.07) is 7.13. The largest absolute Gasteiger partial charge is 0.486 e. The Morgan fingerprint density at radius 2 is 2.23 bits per heavy atom. The molecule has 140 valence electrons. The van der Waals surface area contributed by atoms with Crippen molar-refractivity contribution in [2.75, 3.05) is 18.9 Å². The number of halogens is 1. The second-order valence-electron chi connectivity index (χ2n) is 5.93. The molecule has 1 N–H and O–H groups in total. The van der Waals surface area contributed by atoms with Crippen LogP contribution in [0.2, 0.25) is 5.02 Å². The summed E-state index contributed by atoms with van der Waals surface area (Å²) in [4.78, 5) is 11.9. The maximum Gasteiger partial charge on any atom is 0.230 e. The van der Waals surface area contributed by atoms with E-state index in [4.69, 9.17) is 21.1 Å². The van der Waals surface area contributed by atoms with Crippen LogP contribution in [0.3, 0.4) is 0 Å². The highest BCUT2D eigenvalue weighted by Crippen LogP contribution is 2.19. The highest BCUT2D eigenvalue weighted by Gasteiger charge is 2.17. The lowest BCUT2D eigenvalue weighted by molar-refractivity contribution is -0.119. The average Bonchev–Trinajstić information content (AvgIpc) is 3.28. The Balaban J connectivity index is 1.44. The van der Waals surface area contributed by atoms with E-state index in [2.05, 4.69) is 15.5 Å². The quantitative estimate of drug-likeness (QED) is 0.690. The summed E-state index contributed by atoms with van der Waals surface area (Å²) in [7, 11) is 1.85. The van der Waals surface area contributed by atoms with Crippen LogP contribution >= 0.6 is 23.4 Å². The van der Waals surface area contributed by atoms with Crippen LogP contribution < -0.4 is 10.1 Å². The minimum atomic E-state index is -0.0348. The van der Waals surface area contributed by atoms with Crippen LogP contribution in [0.15, 0.2) is 29.4 Å². The second-order valence-corrected chi connectivity index (χ2v) is 7.31. The van der Waals surface area contributed by atoms with Crippen molar-refractivity contribution in [3.63, 3.8) is 0 Å². The Morgan fingerprint density at radius 1 is 1.42 bits per heavy atom. The van der Waals surface area contributed by atoms with Gasteiger partial charge in [-0.2, -0.15) is 0 Å². The number of nitrogens with one attached hydrogen (secondary N) is 1. The average molecular weight is 397 g/mol. The summed E-state index contributed by atoms with van der Waals surface area (Å²) in [5, 5.41) is 12.5. The predicted molar refractivity (Wildman–Crippen MR) is 99.5 cm³/mol. The number of hydrogen-bond acceptors (Lipinski definition) is 6. The van der Waals surface area contributed by atoms with Gasteiger partial charge in [-0.1, -0.05) is 23.4 Å². The van der Waals surface area contributed by atoms with Crippen molar-refractivity contribution in [2.45, 2.75) is 30.7 Å². The van der Waals surface area contributed by atoms with E-state index in [1.807, 2.05) is 11.6 Å². The number of carbonyl (C=O) groups is 1. The lowest BCUT2D eigenvalue weighted by atomic mass is 10.2. The van der Waals surface area contributed by atoms with E-state index in [0.29, 0.717) is 28.3 Å². The van der Waals surface area contributed by atoms with Crippen LogP contribution in [0.4, 0.5) is 0 Å². The predicted octanol–water partition coefficient (Wildman–Crippen LogP) is 2.43. The number of amides is 1. The number of nitrogens with zero attached hydrogens (tertiary/aromatic N) is 3. The van der Waals surface area contributed by atoms with Crippen LogP contribution in [0.1, 0.15) is 18.7 Å². The van der Waals surface area contributed by atoms with Gasteiger partial charge < -0.3 is 19.4 Å². The molecule has 0 spiro atoms. The van der Waals surface area contributed by atoms with Crippen molar-refractivity contribution >= 4 is 29.3 Å². The van der Waals surface area contributed by atoms with Gasteiger partial charge in [-0.3, -0.25) is 4.79 Å². The van der Waals surface area contributed by atoms with Gasteiger partial charge in [0.2, 0.25) is 5.91 Å². The number of rotatable bonds is 8. The van der Waals surface area contributed by atoms with Gasteiger partial charge in [-0.15, -0.1) is 10.2 Å². The highest BCUT2D eigenvalue weighted by molar-refractivity contribution is 7.99. The Kier molecular flexibility index (Phi) is 6.76. The molecule has 26 heavy (non-hydrogen) atoms. The van der Waals surface area contributed by atoms with Crippen LogP contribution in [0.25, 0.3) is 0 Å². The summed E-state index contributed by atoms with van der Waals surface area (Å²) in [6.07, 6.45) is 2.22. The van der Waals surface area contributed by atoms with E-state index >= 15 is 0 Å². The first-order valence-electron chi connectivity index (χ1n) is 8.39. The molecule has 2 heterocycles. The molecule has 1 atom stereocenters. The van der Waals surface area contributed by atoms with Crippen molar-refractivity contribution in [1.82, 2.24) is 20.1 Å². The number of benzene rings is 1. The zero-order chi connectivity index (χ0) is 18.4. The molecule has 3 rings (SSSR count). The summed E-state index contributed by atoms with van der Waals surface area (Å²) >= 11 is 7.20. The summed E-state index contributed by atoms with van der Waals surface area (Å²) in [5.74, 6) is 1.64. The maximum atomic E-state index is 11.9. The van der Waals surface area contributed by atoms with Crippen molar-refractivity contribution in [3.05, 3.63) is 35.1 Å². The molecule has 0 bridgehead atoms. The van der Waals surface area contributed by atoms with Gasteiger partial charge >= 0.3 is 0 Å². The Hall–Kier alpha value is -1.77. The van der Waals surface area contributed by atoms with E-state index < -0.39 is 0 Å². The van der Waals surface area contributed by atoms with E-state index in [1.165, 1.54) is 11.8 Å². The molecule has 0 aliphatic carbocycles. The zero-order valence-electron chi connectivity index (χ0n) is 14.5. The van der Waals surface area contributed by atoms with Gasteiger partial charge in [-0.25, -0.2) is 0 Å². The molecule has 9 heteroatoms. The minimum absolute atomic E-state index is 0.0348. The first kappa shape index (κ1) is 19.0. The normalized spacial score (nSPS) is 16.6. The maximum absolute atomic E-state index is 11.9. The summed E-state index contributed by atoms with van der Waals surface area (Å²) in [6.45, 7) is 1.64. The Bertz CT molecular complexity index is 732. The van der Waals surface area contributed by atoms with E-state index in [0.717, 1.165) is 19.4 Å². The fourth-order valence-electron chi connectivity index (χ4n) is 2.49. The lowest BCUT2D eigenvalue weighted by Crippen LogP contribution is -2.32. The fourth-order valence-corrected chi connectivity index (χ4v) is 3.38. The SMILES string of the molecule is Cn1c(COc2ccc(Cl)cc2)nnc1SCC(=O)NC[C@@H]1CCCO1. The fraction of sp³-hybridized carbons (Fsp3) is 0.471. The second kappa shape index (κ2) is 9.25. The van der Waals surface area contributed by atoms with Gasteiger partial charge in [-0.05, 0) is 37.1 Å². The monoisotopic (exact) mass is 396 g/mol. The third-order valence-corrected chi connectivity index (χ3v) is 5.26. The first-order valence-corrected chi connectivity index (χ1v) is 9.76. The molecule has 0 saturated carbocycles. The third kappa shape index (κ3) is 5.36. The van der Waals surface area contributed by atoms with Crippen LogP contribution in [-0.4, -0.2) is 45.7 Å². The van der Waals surface area contributed by atoms with Crippen LogP contribution in [0, 0.1) is 0 Å². The van der Waals surface area contributed by atoms with Crippen LogP contribution in [0.5, 0.6) is 5.75 Å². The van der Waals surface area contributed by atoms with Crippen molar-refractivity contribution in [3.8, 4) is 5.75 Å². The first-order chi connectivity index (χ1) is 12.6. The standard InChI is InChI=1S/C17H21ClN4O3S/c1-22-15(10-25-13-6-4-12(18)5-7-13)20-21-17(22)26-11-16(23)19-9-14-3-2-8-24-14/h4-7,14H,2-3,8-11H2,1H3,(H,19,23)/t14-/m0/s1. The smallest absolute Gasteiger partial charge is 0.230 e. The third-order valence-electron chi connectivity index (χ3n) is 3.99. The molecule has 1 aromatic heterocycles. The van der Waals surface area contributed by atoms with Crippen molar-refractivity contribution in [1.29, 1.82) is 0 Å². The van der Waals surface area contributed by atoms with Crippen molar-refractivity contribution in [2.24, 2.45) is 7.05 Å². The lowest BCUT2D eigenvalue weighted by Gasteiger charge is -2.10. The molecule has 1 amide bonds. The number of thioether (sulfide) groups is 1. The molecule has 1 fully saturated rings. The molecular weight excluding hydrogens is 376 g/mol. The zero-order valence-corrected chi connectivity index (χ0v) is 16.1. The van der Waals surface area contributed by atoms with Gasteiger partial charge in [0.05, 0.1) is 11.9 Å². The molecular formula is C17H21ClN4O3S. The van der Waals surface area contributed by atoms with Crippen LogP contribution in [-0.2, 0) is 23.2 Å². The minimum Gasteiger partial charge on any atom is -0.486 e. The van der Waals surface area contributed by atoms with E-state index in [-0.39, 0.29) is 24.4 Å². The Morgan fingerprint density at radius 3 is 2.96 bits per heavy atom. The molecule has 1 aromatic carbocycles. The Labute approximate surface area is 161 Å². The molecule has 1 aliphatic heterocycles. The molecule has 1 saturated heterocycles. The number of ether oxygens (including phenoxy) is 2. The van der Waals surface area contributed by atoms with E-state index in [9.17, 15) is 4.79 Å². The van der Waals surface area contributed by atoms with Gasteiger partial charge in [0.1, 0.15) is 12.4 Å². The number of carbonyl (C=O) groups excluding carboxylic acids is 1. The summed E-state index contributed by atoms with van der Waals surface area (Å²) < 4.78 is 13.0. The molecule has 7 nitrogen and oxygen atoms in total. The van der Waals surface area contributed by atoms with Crippen molar-refractivity contribution < 1.29 is 14.3 Å². The molecule has 0 unspecified atom stereocenters. The van der Waals surface area contributed by atoms with E-state index in [1.54, 1.807) is 24.3 Å². The number of hydrogen-bond donors (Lipinski definition) is 1. The summed E-state index contributed by atoms with van der Waals surface area (Å²) in [5.41, 5.74) is 0. The molecule has 1 aliphatic rings. The highest BCUT2D eigenvalue weighted by atomic mass is 35.5. The topological polar surface area (TPSA) is 78.3 Å².